The van der Waals surface area contributed by atoms with Crippen LogP contribution in [0.2, 0.25) is 0 Å². The Morgan fingerprint density at radius 2 is 2.00 bits per heavy atom. The molecule has 1 aromatic rings. The van der Waals surface area contributed by atoms with Crippen LogP contribution in [-0.4, -0.2) is 37.0 Å². The Hall–Kier alpha value is -0.940. The van der Waals surface area contributed by atoms with Crippen LogP contribution in [0.1, 0.15) is 5.56 Å². The SMILES string of the molecule is N=C(c1cc(F)cc(Br)c1)N1CCOCC1. The Bertz CT molecular complexity index is 385. The van der Waals surface area contributed by atoms with Crippen LogP contribution in [0.25, 0.3) is 0 Å². The lowest BCUT2D eigenvalue weighted by molar-refractivity contribution is 0.0680. The summed E-state index contributed by atoms with van der Waals surface area (Å²) in [4.78, 5) is 1.89. The first kappa shape index (κ1) is 11.5. The third kappa shape index (κ3) is 2.59. The van der Waals surface area contributed by atoms with E-state index in [1.54, 1.807) is 6.07 Å². The van der Waals surface area contributed by atoms with Gasteiger partial charge in [-0.25, -0.2) is 4.39 Å². The van der Waals surface area contributed by atoms with Crippen LogP contribution in [0, 0.1) is 11.2 Å². The summed E-state index contributed by atoms with van der Waals surface area (Å²) in [7, 11) is 0. The number of benzene rings is 1. The molecule has 0 aromatic heterocycles. The summed E-state index contributed by atoms with van der Waals surface area (Å²) in [6.07, 6.45) is 0. The molecular weight excluding hydrogens is 275 g/mol. The van der Waals surface area contributed by atoms with Gasteiger partial charge in [-0.15, -0.1) is 0 Å². The van der Waals surface area contributed by atoms with Gasteiger partial charge in [0.15, 0.2) is 0 Å². The lowest BCUT2D eigenvalue weighted by atomic mass is 10.2. The standard InChI is InChI=1S/C11H12BrFN2O/c12-9-5-8(6-10(13)7-9)11(14)15-1-3-16-4-2-15/h5-7,14H,1-4H2. The Labute approximate surface area is 102 Å². The van der Waals surface area contributed by atoms with Crippen molar-refractivity contribution in [2.24, 2.45) is 0 Å². The van der Waals surface area contributed by atoms with Gasteiger partial charge in [0.25, 0.3) is 0 Å². The zero-order valence-corrected chi connectivity index (χ0v) is 10.3. The van der Waals surface area contributed by atoms with Crippen LogP contribution in [0.3, 0.4) is 0 Å². The van der Waals surface area contributed by atoms with Gasteiger partial charge in [-0.05, 0) is 18.2 Å². The molecule has 0 atom stereocenters. The lowest BCUT2D eigenvalue weighted by Gasteiger charge is -2.29. The lowest BCUT2D eigenvalue weighted by Crippen LogP contribution is -2.40. The molecule has 0 amide bonds. The highest BCUT2D eigenvalue weighted by Crippen LogP contribution is 2.16. The van der Waals surface area contributed by atoms with E-state index in [1.807, 2.05) is 4.90 Å². The van der Waals surface area contributed by atoms with Crippen molar-refractivity contribution in [2.75, 3.05) is 26.3 Å². The minimum Gasteiger partial charge on any atom is -0.378 e. The van der Waals surface area contributed by atoms with Crippen molar-refractivity contribution >= 4 is 21.8 Å². The van der Waals surface area contributed by atoms with Crippen LogP contribution >= 0.6 is 15.9 Å². The highest BCUT2D eigenvalue weighted by molar-refractivity contribution is 9.10. The first-order chi connectivity index (χ1) is 7.66. The maximum Gasteiger partial charge on any atom is 0.128 e. The van der Waals surface area contributed by atoms with E-state index in [9.17, 15) is 4.39 Å². The predicted molar refractivity (Wildman–Crippen MR) is 63.3 cm³/mol. The van der Waals surface area contributed by atoms with Crippen molar-refractivity contribution in [2.45, 2.75) is 0 Å². The number of nitrogens with zero attached hydrogens (tertiary/aromatic N) is 1. The zero-order chi connectivity index (χ0) is 11.5. The normalized spacial score (nSPS) is 16.2. The molecule has 0 saturated carbocycles. The Morgan fingerprint density at radius 1 is 1.31 bits per heavy atom. The van der Waals surface area contributed by atoms with E-state index in [2.05, 4.69) is 15.9 Å². The molecule has 1 N–H and O–H groups in total. The van der Waals surface area contributed by atoms with Crippen molar-refractivity contribution in [3.05, 3.63) is 34.1 Å². The van der Waals surface area contributed by atoms with Crippen molar-refractivity contribution < 1.29 is 9.13 Å². The van der Waals surface area contributed by atoms with E-state index in [4.69, 9.17) is 10.1 Å². The van der Waals surface area contributed by atoms with E-state index in [-0.39, 0.29) is 5.82 Å². The van der Waals surface area contributed by atoms with Crippen molar-refractivity contribution in [1.82, 2.24) is 4.90 Å². The van der Waals surface area contributed by atoms with E-state index in [0.29, 0.717) is 42.2 Å². The smallest absolute Gasteiger partial charge is 0.128 e. The molecule has 0 radical (unpaired) electrons. The molecule has 86 valence electrons. The highest BCUT2D eigenvalue weighted by atomic mass is 79.9. The van der Waals surface area contributed by atoms with Crippen LogP contribution < -0.4 is 0 Å². The van der Waals surface area contributed by atoms with Gasteiger partial charge in [-0.1, -0.05) is 15.9 Å². The molecule has 1 saturated heterocycles. The van der Waals surface area contributed by atoms with Crippen molar-refractivity contribution in [3.63, 3.8) is 0 Å². The number of hydrogen-bond acceptors (Lipinski definition) is 2. The molecule has 0 spiro atoms. The summed E-state index contributed by atoms with van der Waals surface area (Å²) >= 11 is 3.23. The van der Waals surface area contributed by atoms with Crippen LogP contribution in [0.5, 0.6) is 0 Å². The molecular formula is C11H12BrFN2O. The molecule has 0 aliphatic carbocycles. The Kier molecular flexibility index (Phi) is 3.56. The molecule has 2 rings (SSSR count). The number of morpholine rings is 1. The van der Waals surface area contributed by atoms with Gasteiger partial charge in [0.2, 0.25) is 0 Å². The average molecular weight is 287 g/mol. The monoisotopic (exact) mass is 286 g/mol. The number of rotatable bonds is 1. The van der Waals surface area contributed by atoms with Gasteiger partial charge in [-0.3, -0.25) is 5.41 Å². The summed E-state index contributed by atoms with van der Waals surface area (Å²) in [5, 5.41) is 8.00. The summed E-state index contributed by atoms with van der Waals surface area (Å²) in [6.45, 7) is 2.62. The molecule has 1 heterocycles. The molecule has 1 aromatic carbocycles. The van der Waals surface area contributed by atoms with Gasteiger partial charge in [-0.2, -0.15) is 0 Å². The van der Waals surface area contributed by atoms with Gasteiger partial charge in [0.1, 0.15) is 11.7 Å². The largest absolute Gasteiger partial charge is 0.378 e. The third-order valence-corrected chi connectivity index (χ3v) is 2.92. The van der Waals surface area contributed by atoms with Crippen molar-refractivity contribution in [3.8, 4) is 0 Å². The number of amidine groups is 1. The maximum absolute atomic E-state index is 13.2. The molecule has 1 fully saturated rings. The molecule has 0 unspecified atom stereocenters. The van der Waals surface area contributed by atoms with Crippen LogP contribution in [-0.2, 0) is 4.74 Å². The number of halogens is 2. The number of hydrogen-bond donors (Lipinski definition) is 1. The van der Waals surface area contributed by atoms with E-state index >= 15 is 0 Å². The zero-order valence-electron chi connectivity index (χ0n) is 8.67. The van der Waals surface area contributed by atoms with E-state index in [1.165, 1.54) is 12.1 Å². The van der Waals surface area contributed by atoms with Gasteiger partial charge in [0.05, 0.1) is 13.2 Å². The van der Waals surface area contributed by atoms with Crippen molar-refractivity contribution in [1.29, 1.82) is 5.41 Å². The maximum atomic E-state index is 13.2. The second kappa shape index (κ2) is 4.93. The molecule has 16 heavy (non-hydrogen) atoms. The molecule has 0 bridgehead atoms. The summed E-state index contributed by atoms with van der Waals surface area (Å²) in [5.74, 6) is 0.0193. The minimum absolute atomic E-state index is 0.331. The first-order valence-electron chi connectivity index (χ1n) is 5.04. The first-order valence-corrected chi connectivity index (χ1v) is 5.84. The highest BCUT2D eigenvalue weighted by Gasteiger charge is 2.16. The molecule has 5 heteroatoms. The molecule has 1 aliphatic heterocycles. The quantitative estimate of drug-likeness (QED) is 0.635. The van der Waals surface area contributed by atoms with E-state index < -0.39 is 0 Å². The second-order valence-electron chi connectivity index (χ2n) is 3.61. The summed E-state index contributed by atoms with van der Waals surface area (Å²) in [6, 6.07) is 4.51. The fourth-order valence-electron chi connectivity index (χ4n) is 1.66. The predicted octanol–water partition coefficient (Wildman–Crippen LogP) is 2.25. The Balaban J connectivity index is 2.19. The minimum atomic E-state index is -0.331. The third-order valence-electron chi connectivity index (χ3n) is 2.46. The Morgan fingerprint density at radius 3 is 2.62 bits per heavy atom. The number of nitrogens with one attached hydrogen (secondary N) is 1. The van der Waals surface area contributed by atoms with Gasteiger partial charge in [0, 0.05) is 23.1 Å². The van der Waals surface area contributed by atoms with Crippen LogP contribution in [0.4, 0.5) is 4.39 Å². The van der Waals surface area contributed by atoms with E-state index in [0.717, 1.165) is 0 Å². The summed E-state index contributed by atoms with van der Waals surface area (Å²) in [5.41, 5.74) is 0.591. The molecule has 3 nitrogen and oxygen atoms in total. The molecule has 1 aliphatic rings. The van der Waals surface area contributed by atoms with Gasteiger partial charge < -0.3 is 9.64 Å². The topological polar surface area (TPSA) is 36.3 Å². The van der Waals surface area contributed by atoms with Crippen LogP contribution in [0.15, 0.2) is 22.7 Å². The average Bonchev–Trinajstić information content (AvgIpc) is 2.28. The van der Waals surface area contributed by atoms with Gasteiger partial charge >= 0.3 is 0 Å². The fourth-order valence-corrected chi connectivity index (χ4v) is 2.13. The number of ether oxygens (including phenoxy) is 1. The second-order valence-corrected chi connectivity index (χ2v) is 4.52. The fraction of sp³-hybridized carbons (Fsp3) is 0.364. The summed E-state index contributed by atoms with van der Waals surface area (Å²) < 4.78 is 19.1.